The predicted octanol–water partition coefficient (Wildman–Crippen LogP) is 2.31. The second kappa shape index (κ2) is 5.58. The van der Waals surface area contributed by atoms with E-state index in [0.717, 1.165) is 5.56 Å². The van der Waals surface area contributed by atoms with Crippen LogP contribution in [0.4, 0.5) is 5.69 Å². The first-order valence-corrected chi connectivity index (χ1v) is 5.32. The molecule has 5 nitrogen and oxygen atoms in total. The summed E-state index contributed by atoms with van der Waals surface area (Å²) in [5.74, 6) is 0. The van der Waals surface area contributed by atoms with E-state index in [0.29, 0.717) is 17.6 Å². The average molecular weight is 284 g/mol. The minimum absolute atomic E-state index is 0.0443. The summed E-state index contributed by atoms with van der Waals surface area (Å²) >= 11 is 3.12. The molecule has 1 rings (SSSR count). The van der Waals surface area contributed by atoms with Crippen molar-refractivity contribution in [2.75, 3.05) is 13.6 Å². The second-order valence-electron chi connectivity index (χ2n) is 3.37. The molecule has 0 amide bonds. The van der Waals surface area contributed by atoms with Crippen LogP contribution in [0, 0.1) is 21.4 Å². The number of hydrogen-bond acceptors (Lipinski definition) is 4. The van der Waals surface area contributed by atoms with Crippen LogP contribution in [0.15, 0.2) is 22.7 Å². The predicted molar refractivity (Wildman–Crippen MR) is 62.7 cm³/mol. The molecule has 0 heterocycles. The van der Waals surface area contributed by atoms with Gasteiger partial charge in [0, 0.05) is 12.6 Å². The average Bonchev–Trinajstić information content (AvgIpc) is 2.21. The second-order valence-corrected chi connectivity index (χ2v) is 4.23. The fourth-order valence-corrected chi connectivity index (χ4v) is 1.68. The van der Waals surface area contributed by atoms with E-state index in [1.165, 1.54) is 6.07 Å². The molecule has 0 atom stereocenters. The molecular weight excluding hydrogens is 274 g/mol. The van der Waals surface area contributed by atoms with Gasteiger partial charge in [-0.25, -0.2) is 0 Å². The van der Waals surface area contributed by atoms with Gasteiger partial charge in [0.25, 0.3) is 5.69 Å². The van der Waals surface area contributed by atoms with E-state index in [4.69, 9.17) is 5.26 Å². The van der Waals surface area contributed by atoms with Crippen molar-refractivity contribution >= 4 is 21.6 Å². The number of halogens is 1. The van der Waals surface area contributed by atoms with Gasteiger partial charge in [-0.05, 0) is 34.6 Å². The van der Waals surface area contributed by atoms with Crippen LogP contribution in [0.2, 0.25) is 0 Å². The molecule has 0 saturated carbocycles. The lowest BCUT2D eigenvalue weighted by atomic mass is 10.2. The quantitative estimate of drug-likeness (QED) is 0.483. The smallest absolute Gasteiger partial charge is 0.283 e. The normalized spacial score (nSPS) is 10.1. The summed E-state index contributed by atoms with van der Waals surface area (Å²) in [6.07, 6.45) is 0. The van der Waals surface area contributed by atoms with Crippen molar-refractivity contribution in [1.82, 2.24) is 4.90 Å². The summed E-state index contributed by atoms with van der Waals surface area (Å²) in [4.78, 5) is 12.0. The van der Waals surface area contributed by atoms with Gasteiger partial charge in [-0.15, -0.1) is 0 Å². The largest absolute Gasteiger partial charge is 0.289 e. The van der Waals surface area contributed by atoms with E-state index in [9.17, 15) is 10.1 Å². The van der Waals surface area contributed by atoms with E-state index in [1.807, 2.05) is 6.07 Å². The number of nitriles is 1. The Morgan fingerprint density at radius 1 is 1.62 bits per heavy atom. The number of nitro groups is 1. The van der Waals surface area contributed by atoms with Crippen LogP contribution < -0.4 is 0 Å². The molecule has 0 aliphatic heterocycles. The Kier molecular flexibility index (Phi) is 4.40. The van der Waals surface area contributed by atoms with Crippen LogP contribution in [0.25, 0.3) is 0 Å². The first-order chi connectivity index (χ1) is 7.54. The van der Waals surface area contributed by atoms with Crippen LogP contribution in [0.1, 0.15) is 5.56 Å². The van der Waals surface area contributed by atoms with Gasteiger partial charge in [0.05, 0.1) is 22.0 Å². The van der Waals surface area contributed by atoms with E-state index in [2.05, 4.69) is 15.9 Å². The molecule has 16 heavy (non-hydrogen) atoms. The van der Waals surface area contributed by atoms with E-state index < -0.39 is 4.92 Å². The third-order valence-electron chi connectivity index (χ3n) is 2.00. The highest BCUT2D eigenvalue weighted by Gasteiger charge is 2.12. The Morgan fingerprint density at radius 2 is 2.31 bits per heavy atom. The molecule has 0 aliphatic carbocycles. The van der Waals surface area contributed by atoms with Gasteiger partial charge in [-0.3, -0.25) is 15.0 Å². The highest BCUT2D eigenvalue weighted by molar-refractivity contribution is 9.10. The highest BCUT2D eigenvalue weighted by Crippen LogP contribution is 2.25. The Morgan fingerprint density at radius 3 is 2.88 bits per heavy atom. The highest BCUT2D eigenvalue weighted by atomic mass is 79.9. The maximum atomic E-state index is 10.7. The fraction of sp³-hybridized carbons (Fsp3) is 0.300. The summed E-state index contributed by atoms with van der Waals surface area (Å²) in [5, 5.41) is 19.2. The molecule has 0 N–H and O–H groups in total. The number of nitro benzene ring substituents is 1. The molecule has 0 aliphatic rings. The zero-order valence-electron chi connectivity index (χ0n) is 8.68. The van der Waals surface area contributed by atoms with Gasteiger partial charge in [-0.2, -0.15) is 5.26 Å². The number of hydrogen-bond donors (Lipinski definition) is 0. The standard InChI is InChI=1S/C10H10BrN3O2/c1-13(5-4-12)7-8-2-3-9(11)10(6-8)14(15)16/h2-3,6H,5,7H2,1H3. The topological polar surface area (TPSA) is 70.2 Å². The first-order valence-electron chi connectivity index (χ1n) is 4.53. The Hall–Kier alpha value is -1.45. The van der Waals surface area contributed by atoms with Gasteiger partial charge in [0.2, 0.25) is 0 Å². The van der Waals surface area contributed by atoms with Gasteiger partial charge in [0.15, 0.2) is 0 Å². The van der Waals surface area contributed by atoms with Crippen molar-refractivity contribution in [3.05, 3.63) is 38.3 Å². The van der Waals surface area contributed by atoms with Crippen LogP contribution in [0.5, 0.6) is 0 Å². The zero-order valence-corrected chi connectivity index (χ0v) is 10.3. The lowest BCUT2D eigenvalue weighted by Crippen LogP contribution is -2.17. The molecule has 0 radical (unpaired) electrons. The molecule has 1 aromatic carbocycles. The minimum atomic E-state index is -0.433. The molecule has 0 unspecified atom stereocenters. The van der Waals surface area contributed by atoms with Crippen LogP contribution in [0.3, 0.4) is 0 Å². The summed E-state index contributed by atoms with van der Waals surface area (Å²) in [6, 6.07) is 6.97. The first kappa shape index (κ1) is 12.6. The third-order valence-corrected chi connectivity index (χ3v) is 2.67. The van der Waals surface area contributed by atoms with Gasteiger partial charge >= 0.3 is 0 Å². The summed E-state index contributed by atoms with van der Waals surface area (Å²) < 4.78 is 0.462. The summed E-state index contributed by atoms with van der Waals surface area (Å²) in [7, 11) is 1.79. The fourth-order valence-electron chi connectivity index (χ4n) is 1.28. The molecule has 0 fully saturated rings. The lowest BCUT2D eigenvalue weighted by molar-refractivity contribution is -0.385. The molecule has 1 aromatic rings. The summed E-state index contributed by atoms with van der Waals surface area (Å²) in [5.41, 5.74) is 0.857. The van der Waals surface area contributed by atoms with E-state index in [-0.39, 0.29) is 5.69 Å². The lowest BCUT2D eigenvalue weighted by Gasteiger charge is -2.12. The zero-order chi connectivity index (χ0) is 12.1. The third kappa shape index (κ3) is 3.29. The number of rotatable bonds is 4. The summed E-state index contributed by atoms with van der Waals surface area (Å²) in [6.45, 7) is 0.811. The van der Waals surface area contributed by atoms with Crippen molar-refractivity contribution in [3.8, 4) is 6.07 Å². The van der Waals surface area contributed by atoms with Crippen LogP contribution in [-0.2, 0) is 6.54 Å². The van der Waals surface area contributed by atoms with Crippen molar-refractivity contribution in [3.63, 3.8) is 0 Å². The minimum Gasteiger partial charge on any atom is -0.289 e. The van der Waals surface area contributed by atoms with Crippen LogP contribution >= 0.6 is 15.9 Å². The Balaban J connectivity index is 2.87. The molecular formula is C10H10BrN3O2. The molecule has 0 saturated heterocycles. The number of benzene rings is 1. The monoisotopic (exact) mass is 283 g/mol. The van der Waals surface area contributed by atoms with Crippen LogP contribution in [-0.4, -0.2) is 23.4 Å². The molecule has 0 spiro atoms. The van der Waals surface area contributed by atoms with Gasteiger partial charge in [0.1, 0.15) is 0 Å². The van der Waals surface area contributed by atoms with Crippen molar-refractivity contribution in [1.29, 1.82) is 5.26 Å². The molecule has 84 valence electrons. The Labute approximate surface area is 102 Å². The van der Waals surface area contributed by atoms with E-state index in [1.54, 1.807) is 24.1 Å². The van der Waals surface area contributed by atoms with Crippen molar-refractivity contribution < 1.29 is 4.92 Å². The molecule has 0 aromatic heterocycles. The maximum absolute atomic E-state index is 10.7. The van der Waals surface area contributed by atoms with Gasteiger partial charge in [-0.1, -0.05) is 6.07 Å². The number of nitrogens with zero attached hydrogens (tertiary/aromatic N) is 3. The van der Waals surface area contributed by atoms with Crippen molar-refractivity contribution in [2.45, 2.75) is 6.54 Å². The Bertz CT molecular complexity index is 442. The van der Waals surface area contributed by atoms with Gasteiger partial charge < -0.3 is 0 Å². The molecule has 0 bridgehead atoms. The SMILES string of the molecule is CN(CC#N)Cc1ccc(Br)c([N+](=O)[O-])c1. The maximum Gasteiger partial charge on any atom is 0.283 e. The molecule has 6 heteroatoms. The van der Waals surface area contributed by atoms with Crippen molar-refractivity contribution in [2.24, 2.45) is 0 Å². The van der Waals surface area contributed by atoms with E-state index >= 15 is 0 Å².